The lowest BCUT2D eigenvalue weighted by Crippen LogP contribution is -2.30. The molecule has 1 aromatic carbocycles. The summed E-state index contributed by atoms with van der Waals surface area (Å²) in [4.78, 5) is 12.0. The standard InChI is InChI=1S/C12H14N2O4S/c1-14(9-12(15)16)6-7-19(17,18)11-4-2-10(8-13)3-5-11/h2-5H,6-7,9H2,1H3,(H,15,16). The number of carbonyl (C=O) groups is 1. The summed E-state index contributed by atoms with van der Waals surface area (Å²) in [7, 11) is -1.92. The number of sulfone groups is 1. The van der Waals surface area contributed by atoms with Gasteiger partial charge >= 0.3 is 5.97 Å². The van der Waals surface area contributed by atoms with Gasteiger partial charge in [-0.05, 0) is 31.3 Å². The van der Waals surface area contributed by atoms with Crippen molar-refractivity contribution < 1.29 is 18.3 Å². The van der Waals surface area contributed by atoms with Crippen molar-refractivity contribution in [2.75, 3.05) is 25.9 Å². The lowest BCUT2D eigenvalue weighted by atomic mass is 10.2. The molecule has 7 heteroatoms. The van der Waals surface area contributed by atoms with Gasteiger partial charge in [-0.15, -0.1) is 0 Å². The second-order valence-electron chi connectivity index (χ2n) is 4.09. The van der Waals surface area contributed by atoms with Gasteiger partial charge in [0.05, 0.1) is 28.8 Å². The average Bonchev–Trinajstić information content (AvgIpc) is 2.36. The molecular weight excluding hydrogens is 268 g/mol. The highest BCUT2D eigenvalue weighted by atomic mass is 32.2. The lowest BCUT2D eigenvalue weighted by molar-refractivity contribution is -0.137. The maximum absolute atomic E-state index is 12.0. The summed E-state index contributed by atoms with van der Waals surface area (Å²) in [6.45, 7) is -0.0719. The van der Waals surface area contributed by atoms with E-state index in [2.05, 4.69) is 0 Å². The molecule has 19 heavy (non-hydrogen) atoms. The van der Waals surface area contributed by atoms with Gasteiger partial charge in [-0.2, -0.15) is 5.26 Å². The summed E-state index contributed by atoms with van der Waals surface area (Å²) in [6, 6.07) is 7.55. The lowest BCUT2D eigenvalue weighted by Gasteiger charge is -2.13. The largest absolute Gasteiger partial charge is 0.480 e. The minimum atomic E-state index is -3.46. The van der Waals surface area contributed by atoms with Crippen molar-refractivity contribution in [1.82, 2.24) is 4.90 Å². The van der Waals surface area contributed by atoms with Crippen LogP contribution in [0, 0.1) is 11.3 Å². The van der Waals surface area contributed by atoms with Crippen molar-refractivity contribution in [3.05, 3.63) is 29.8 Å². The highest BCUT2D eigenvalue weighted by molar-refractivity contribution is 7.91. The van der Waals surface area contributed by atoms with E-state index in [4.69, 9.17) is 10.4 Å². The van der Waals surface area contributed by atoms with E-state index >= 15 is 0 Å². The molecule has 0 aliphatic rings. The smallest absolute Gasteiger partial charge is 0.317 e. The van der Waals surface area contributed by atoms with E-state index in [1.54, 1.807) is 7.05 Å². The SMILES string of the molecule is CN(CCS(=O)(=O)c1ccc(C#N)cc1)CC(=O)O. The van der Waals surface area contributed by atoms with Crippen LogP contribution in [0.4, 0.5) is 0 Å². The van der Waals surface area contributed by atoms with Gasteiger partial charge in [-0.1, -0.05) is 0 Å². The number of carboxylic acids is 1. The highest BCUT2D eigenvalue weighted by Crippen LogP contribution is 2.12. The summed E-state index contributed by atoms with van der Waals surface area (Å²) in [5, 5.41) is 17.2. The Hall–Kier alpha value is -1.91. The first kappa shape index (κ1) is 15.1. The molecule has 0 aliphatic carbocycles. The van der Waals surface area contributed by atoms with Gasteiger partial charge in [0.15, 0.2) is 9.84 Å². The van der Waals surface area contributed by atoms with Crippen LogP contribution in [0.2, 0.25) is 0 Å². The number of hydrogen-bond donors (Lipinski definition) is 1. The molecular formula is C12H14N2O4S. The normalized spacial score (nSPS) is 11.2. The first-order chi connectivity index (χ1) is 8.85. The molecule has 0 bridgehead atoms. The number of nitrogens with zero attached hydrogens (tertiary/aromatic N) is 2. The molecule has 0 saturated carbocycles. The van der Waals surface area contributed by atoms with Gasteiger partial charge in [0, 0.05) is 6.54 Å². The Kier molecular flexibility index (Phi) is 5.03. The molecule has 0 atom stereocenters. The maximum Gasteiger partial charge on any atom is 0.317 e. The van der Waals surface area contributed by atoms with Crippen LogP contribution in [-0.2, 0) is 14.6 Å². The molecule has 102 valence electrons. The van der Waals surface area contributed by atoms with E-state index in [-0.39, 0.29) is 23.7 Å². The third kappa shape index (κ3) is 4.69. The number of rotatable bonds is 6. The Bertz CT molecular complexity index is 587. The van der Waals surface area contributed by atoms with Gasteiger partial charge in [0.1, 0.15) is 0 Å². The quantitative estimate of drug-likeness (QED) is 0.808. The van der Waals surface area contributed by atoms with Crippen LogP contribution in [0.1, 0.15) is 5.56 Å². The third-order valence-corrected chi connectivity index (χ3v) is 4.20. The first-order valence-electron chi connectivity index (χ1n) is 5.48. The summed E-state index contributed by atoms with van der Waals surface area (Å²) in [5.41, 5.74) is 0.391. The number of nitriles is 1. The predicted octanol–water partition coefficient (Wildman–Crippen LogP) is 0.348. The van der Waals surface area contributed by atoms with E-state index < -0.39 is 15.8 Å². The van der Waals surface area contributed by atoms with Crippen molar-refractivity contribution >= 4 is 15.8 Å². The summed E-state index contributed by atoms with van der Waals surface area (Å²) >= 11 is 0. The van der Waals surface area contributed by atoms with Gasteiger partial charge in [0.25, 0.3) is 0 Å². The number of aliphatic carboxylic acids is 1. The molecule has 0 spiro atoms. The Morgan fingerprint density at radius 1 is 1.37 bits per heavy atom. The van der Waals surface area contributed by atoms with E-state index in [1.165, 1.54) is 29.2 Å². The zero-order chi connectivity index (χ0) is 14.5. The molecule has 1 N–H and O–H groups in total. The van der Waals surface area contributed by atoms with Crippen molar-refractivity contribution in [3.8, 4) is 6.07 Å². The zero-order valence-corrected chi connectivity index (χ0v) is 11.2. The number of hydrogen-bond acceptors (Lipinski definition) is 5. The Morgan fingerprint density at radius 3 is 2.42 bits per heavy atom. The fourth-order valence-electron chi connectivity index (χ4n) is 1.44. The highest BCUT2D eigenvalue weighted by Gasteiger charge is 2.16. The number of likely N-dealkylation sites (N-methyl/N-ethyl adjacent to an activating group) is 1. The first-order valence-corrected chi connectivity index (χ1v) is 7.13. The minimum absolute atomic E-state index is 0.134. The van der Waals surface area contributed by atoms with Gasteiger partial charge < -0.3 is 5.11 Å². The molecule has 0 radical (unpaired) electrons. The Labute approximate surface area is 111 Å². The fourth-order valence-corrected chi connectivity index (χ4v) is 2.78. The summed E-state index contributed by atoms with van der Waals surface area (Å²) < 4.78 is 23.9. The molecule has 0 fully saturated rings. The van der Waals surface area contributed by atoms with E-state index in [1.807, 2.05) is 6.07 Å². The fraction of sp³-hybridized carbons (Fsp3) is 0.333. The molecule has 1 rings (SSSR count). The van der Waals surface area contributed by atoms with Gasteiger partial charge in [-0.25, -0.2) is 8.42 Å². The van der Waals surface area contributed by atoms with E-state index in [9.17, 15) is 13.2 Å². The topological polar surface area (TPSA) is 98.5 Å². The van der Waals surface area contributed by atoms with Gasteiger partial charge in [0.2, 0.25) is 0 Å². The van der Waals surface area contributed by atoms with Crippen molar-refractivity contribution in [2.45, 2.75) is 4.90 Å². The summed E-state index contributed by atoms with van der Waals surface area (Å²) in [5.74, 6) is -1.17. The van der Waals surface area contributed by atoms with Crippen LogP contribution >= 0.6 is 0 Å². The van der Waals surface area contributed by atoms with Crippen molar-refractivity contribution in [3.63, 3.8) is 0 Å². The van der Waals surface area contributed by atoms with Crippen LogP contribution in [0.5, 0.6) is 0 Å². The second kappa shape index (κ2) is 6.31. The molecule has 0 aromatic heterocycles. The monoisotopic (exact) mass is 282 g/mol. The number of carboxylic acid groups (broad SMARTS) is 1. The second-order valence-corrected chi connectivity index (χ2v) is 6.20. The zero-order valence-electron chi connectivity index (χ0n) is 10.4. The Balaban J connectivity index is 2.70. The molecule has 0 aliphatic heterocycles. The predicted molar refractivity (Wildman–Crippen MR) is 68.3 cm³/mol. The molecule has 0 amide bonds. The Morgan fingerprint density at radius 2 is 1.95 bits per heavy atom. The van der Waals surface area contributed by atoms with E-state index in [0.29, 0.717) is 5.56 Å². The third-order valence-electron chi connectivity index (χ3n) is 2.49. The summed E-state index contributed by atoms with van der Waals surface area (Å²) in [6.07, 6.45) is 0. The van der Waals surface area contributed by atoms with Crippen LogP contribution < -0.4 is 0 Å². The molecule has 0 heterocycles. The van der Waals surface area contributed by atoms with Gasteiger partial charge in [-0.3, -0.25) is 9.69 Å². The molecule has 0 saturated heterocycles. The van der Waals surface area contributed by atoms with Crippen LogP contribution in [0.25, 0.3) is 0 Å². The average molecular weight is 282 g/mol. The number of benzene rings is 1. The van der Waals surface area contributed by atoms with Crippen LogP contribution in [0.15, 0.2) is 29.2 Å². The van der Waals surface area contributed by atoms with E-state index in [0.717, 1.165) is 0 Å². The molecule has 0 unspecified atom stereocenters. The van der Waals surface area contributed by atoms with Crippen molar-refractivity contribution in [2.24, 2.45) is 0 Å². The van der Waals surface area contributed by atoms with Crippen LogP contribution in [-0.4, -0.2) is 50.3 Å². The minimum Gasteiger partial charge on any atom is -0.480 e. The van der Waals surface area contributed by atoms with Crippen LogP contribution in [0.3, 0.4) is 0 Å². The molecule has 6 nitrogen and oxygen atoms in total. The molecule has 1 aromatic rings. The maximum atomic E-state index is 12.0. The van der Waals surface area contributed by atoms with Crippen molar-refractivity contribution in [1.29, 1.82) is 5.26 Å².